The van der Waals surface area contributed by atoms with Gasteiger partial charge in [0.2, 0.25) is 0 Å². The highest BCUT2D eigenvalue weighted by Gasteiger charge is 2.19. The third-order valence-electron chi connectivity index (χ3n) is 3.75. The van der Waals surface area contributed by atoms with Crippen molar-refractivity contribution >= 4 is 22.8 Å². The molecule has 3 nitrogen and oxygen atoms in total. The van der Waals surface area contributed by atoms with E-state index in [0.29, 0.717) is 11.9 Å². The summed E-state index contributed by atoms with van der Waals surface area (Å²) in [6.45, 7) is 6.50. The predicted molar refractivity (Wildman–Crippen MR) is 85.3 cm³/mol. The molecule has 2 aromatic heterocycles. The summed E-state index contributed by atoms with van der Waals surface area (Å²) >= 11 is 6.11. The van der Waals surface area contributed by atoms with Crippen LogP contribution in [0.2, 0.25) is 0 Å². The summed E-state index contributed by atoms with van der Waals surface area (Å²) < 4.78 is 2.29. The summed E-state index contributed by atoms with van der Waals surface area (Å²) in [6, 6.07) is 4.53. The molecular formula is C16H24ClN3. The van der Waals surface area contributed by atoms with E-state index < -0.39 is 0 Å². The Balaban J connectivity index is 2.49. The van der Waals surface area contributed by atoms with Crippen LogP contribution in [0.15, 0.2) is 12.1 Å². The third kappa shape index (κ3) is 3.14. The molecule has 110 valence electrons. The van der Waals surface area contributed by atoms with E-state index in [2.05, 4.69) is 23.4 Å². The number of hydrogen-bond donors (Lipinski definition) is 0. The average molecular weight is 294 g/mol. The van der Waals surface area contributed by atoms with Crippen LogP contribution >= 0.6 is 11.6 Å². The number of unbranched alkanes of at least 4 members (excludes halogenated alkanes) is 1. The van der Waals surface area contributed by atoms with Crippen LogP contribution in [0.25, 0.3) is 11.2 Å². The average Bonchev–Trinajstić information content (AvgIpc) is 2.81. The number of hydrogen-bond acceptors (Lipinski definition) is 2. The van der Waals surface area contributed by atoms with Gasteiger partial charge in [-0.15, -0.1) is 11.6 Å². The zero-order chi connectivity index (χ0) is 14.5. The second kappa shape index (κ2) is 7.07. The Labute approximate surface area is 126 Å². The summed E-state index contributed by atoms with van der Waals surface area (Å²) in [4.78, 5) is 9.35. The van der Waals surface area contributed by atoms with E-state index in [1.165, 1.54) is 25.7 Å². The molecule has 0 N–H and O–H groups in total. The first kappa shape index (κ1) is 15.3. The number of aryl methyl sites for hydroxylation is 1. The number of fused-ring (bicyclic) bond motifs is 1. The fourth-order valence-corrected chi connectivity index (χ4v) is 2.96. The fourth-order valence-electron chi connectivity index (χ4n) is 2.77. The highest BCUT2D eigenvalue weighted by atomic mass is 35.5. The summed E-state index contributed by atoms with van der Waals surface area (Å²) in [5.41, 5.74) is 2.99. The van der Waals surface area contributed by atoms with E-state index in [-0.39, 0.29) is 0 Å². The van der Waals surface area contributed by atoms with E-state index in [9.17, 15) is 0 Å². The molecule has 0 bridgehead atoms. The molecule has 0 spiro atoms. The van der Waals surface area contributed by atoms with Gasteiger partial charge in [-0.3, -0.25) is 0 Å². The van der Waals surface area contributed by atoms with Crippen LogP contribution in [0.5, 0.6) is 0 Å². The molecule has 0 amide bonds. The molecule has 0 saturated carbocycles. The van der Waals surface area contributed by atoms with Gasteiger partial charge in [0.05, 0.1) is 5.88 Å². The van der Waals surface area contributed by atoms with E-state index in [1.807, 2.05) is 19.1 Å². The lowest BCUT2D eigenvalue weighted by molar-refractivity contribution is 0.416. The van der Waals surface area contributed by atoms with Gasteiger partial charge in [-0.25, -0.2) is 9.97 Å². The van der Waals surface area contributed by atoms with Crippen LogP contribution in [0, 0.1) is 6.92 Å². The van der Waals surface area contributed by atoms with Gasteiger partial charge in [0.25, 0.3) is 0 Å². The van der Waals surface area contributed by atoms with Gasteiger partial charge in [0, 0.05) is 11.7 Å². The first-order valence-electron chi connectivity index (χ1n) is 7.61. The number of nitrogens with zero attached hydrogens (tertiary/aromatic N) is 3. The monoisotopic (exact) mass is 293 g/mol. The minimum absolute atomic E-state index is 0.446. The summed E-state index contributed by atoms with van der Waals surface area (Å²) in [7, 11) is 0. The standard InChI is InChI=1S/C16H24ClN3/c1-4-6-8-13(7-5-2)20-15(11-17)19-14-10-9-12(3)18-16(14)20/h9-10,13H,4-8,11H2,1-3H3. The van der Waals surface area contributed by atoms with Crippen molar-refractivity contribution in [1.29, 1.82) is 0 Å². The number of halogens is 1. The lowest BCUT2D eigenvalue weighted by Gasteiger charge is -2.20. The highest BCUT2D eigenvalue weighted by Crippen LogP contribution is 2.28. The van der Waals surface area contributed by atoms with Crippen molar-refractivity contribution in [2.45, 2.75) is 64.8 Å². The van der Waals surface area contributed by atoms with Gasteiger partial charge < -0.3 is 4.57 Å². The van der Waals surface area contributed by atoms with Crippen molar-refractivity contribution in [2.24, 2.45) is 0 Å². The molecule has 4 heteroatoms. The summed E-state index contributed by atoms with van der Waals surface area (Å²) in [5, 5.41) is 0. The van der Waals surface area contributed by atoms with Gasteiger partial charge in [-0.1, -0.05) is 33.1 Å². The van der Waals surface area contributed by atoms with Crippen molar-refractivity contribution in [3.05, 3.63) is 23.7 Å². The van der Waals surface area contributed by atoms with Crippen molar-refractivity contribution < 1.29 is 0 Å². The Morgan fingerprint density at radius 3 is 2.60 bits per heavy atom. The number of alkyl halides is 1. The quantitative estimate of drug-likeness (QED) is 0.672. The Morgan fingerprint density at radius 2 is 1.95 bits per heavy atom. The molecule has 0 aliphatic heterocycles. The van der Waals surface area contributed by atoms with Crippen molar-refractivity contribution in [3.8, 4) is 0 Å². The normalized spacial score (nSPS) is 13.0. The summed E-state index contributed by atoms with van der Waals surface area (Å²) in [5.74, 6) is 1.40. The van der Waals surface area contributed by atoms with Gasteiger partial charge in [-0.05, 0) is 31.9 Å². The van der Waals surface area contributed by atoms with Gasteiger partial charge in [0.15, 0.2) is 5.65 Å². The molecule has 2 aromatic rings. The largest absolute Gasteiger partial charge is 0.309 e. The zero-order valence-corrected chi connectivity index (χ0v) is 13.5. The number of pyridine rings is 1. The topological polar surface area (TPSA) is 30.7 Å². The maximum atomic E-state index is 6.11. The van der Waals surface area contributed by atoms with Gasteiger partial charge in [-0.2, -0.15) is 0 Å². The third-order valence-corrected chi connectivity index (χ3v) is 3.99. The lowest BCUT2D eigenvalue weighted by atomic mass is 10.0. The fraction of sp³-hybridized carbons (Fsp3) is 0.625. The lowest BCUT2D eigenvalue weighted by Crippen LogP contribution is -2.12. The maximum absolute atomic E-state index is 6.11. The molecule has 0 aromatic carbocycles. The molecule has 2 heterocycles. The molecule has 1 atom stereocenters. The number of rotatable bonds is 7. The van der Waals surface area contributed by atoms with Gasteiger partial charge in [0.1, 0.15) is 11.3 Å². The minimum atomic E-state index is 0.446. The second-order valence-electron chi connectivity index (χ2n) is 5.41. The molecule has 0 aliphatic carbocycles. The Kier molecular flexibility index (Phi) is 5.41. The van der Waals surface area contributed by atoms with Crippen LogP contribution in [-0.4, -0.2) is 14.5 Å². The molecule has 0 saturated heterocycles. The SMILES string of the molecule is CCCCC(CCC)n1c(CCl)nc2ccc(C)nc21. The Hall–Kier alpha value is -1.09. The Bertz CT molecular complexity index is 562. The van der Waals surface area contributed by atoms with Crippen LogP contribution in [-0.2, 0) is 5.88 Å². The first-order chi connectivity index (χ1) is 9.71. The molecule has 2 rings (SSSR count). The molecule has 0 aliphatic rings. The maximum Gasteiger partial charge on any atom is 0.160 e. The number of imidazole rings is 1. The van der Waals surface area contributed by atoms with Crippen LogP contribution < -0.4 is 0 Å². The first-order valence-corrected chi connectivity index (χ1v) is 8.15. The van der Waals surface area contributed by atoms with Crippen molar-refractivity contribution in [1.82, 2.24) is 14.5 Å². The second-order valence-corrected chi connectivity index (χ2v) is 5.68. The number of aromatic nitrogens is 3. The van der Waals surface area contributed by atoms with Crippen molar-refractivity contribution in [3.63, 3.8) is 0 Å². The molecule has 0 radical (unpaired) electrons. The smallest absolute Gasteiger partial charge is 0.160 e. The van der Waals surface area contributed by atoms with E-state index in [4.69, 9.17) is 16.6 Å². The van der Waals surface area contributed by atoms with Gasteiger partial charge >= 0.3 is 0 Å². The van der Waals surface area contributed by atoms with E-state index in [0.717, 1.165) is 29.1 Å². The van der Waals surface area contributed by atoms with Crippen molar-refractivity contribution in [2.75, 3.05) is 0 Å². The summed E-state index contributed by atoms with van der Waals surface area (Å²) in [6.07, 6.45) is 5.95. The van der Waals surface area contributed by atoms with Crippen LogP contribution in [0.3, 0.4) is 0 Å². The van der Waals surface area contributed by atoms with Crippen LogP contribution in [0.1, 0.15) is 63.5 Å². The Morgan fingerprint density at radius 1 is 1.15 bits per heavy atom. The highest BCUT2D eigenvalue weighted by molar-refractivity contribution is 6.16. The zero-order valence-electron chi connectivity index (χ0n) is 12.7. The molecule has 20 heavy (non-hydrogen) atoms. The molecular weight excluding hydrogens is 270 g/mol. The van der Waals surface area contributed by atoms with E-state index >= 15 is 0 Å². The van der Waals surface area contributed by atoms with Crippen LogP contribution in [0.4, 0.5) is 0 Å². The molecule has 1 unspecified atom stereocenters. The molecule has 0 fully saturated rings. The van der Waals surface area contributed by atoms with E-state index in [1.54, 1.807) is 0 Å². The minimum Gasteiger partial charge on any atom is -0.309 e. The predicted octanol–water partition coefficient (Wildman–Crippen LogP) is 5.01.